The second kappa shape index (κ2) is 6.35. The van der Waals surface area contributed by atoms with Crippen LogP contribution < -0.4 is 21.3 Å². The highest BCUT2D eigenvalue weighted by Gasteiger charge is 2.43. The van der Waals surface area contributed by atoms with E-state index in [4.69, 9.17) is 21.9 Å². The smallest absolute Gasteiger partial charge is 0.224 e. The van der Waals surface area contributed by atoms with Crippen LogP contribution in [0.25, 0.3) is 0 Å². The number of fused-ring (bicyclic) bond motifs is 1. The van der Waals surface area contributed by atoms with Crippen molar-refractivity contribution in [1.82, 2.24) is 15.1 Å². The van der Waals surface area contributed by atoms with Crippen molar-refractivity contribution >= 4 is 34.5 Å². The summed E-state index contributed by atoms with van der Waals surface area (Å²) in [5.41, 5.74) is 9.82. The number of aromatic nitrogens is 3. The Bertz CT molecular complexity index is 1030. The Hall–Kier alpha value is -2.84. The van der Waals surface area contributed by atoms with E-state index in [-0.39, 0.29) is 10.7 Å². The van der Waals surface area contributed by atoms with Crippen LogP contribution in [0.3, 0.4) is 0 Å². The molecule has 1 atom stereocenters. The van der Waals surface area contributed by atoms with Gasteiger partial charge in [0.2, 0.25) is 11.1 Å². The number of hydrogen-bond acceptors (Lipinski definition) is 8. The van der Waals surface area contributed by atoms with Crippen molar-refractivity contribution in [2.24, 2.45) is 5.73 Å². The molecule has 0 fully saturated rings. The van der Waals surface area contributed by atoms with E-state index in [1.165, 1.54) is 0 Å². The van der Waals surface area contributed by atoms with Gasteiger partial charge >= 0.3 is 0 Å². The van der Waals surface area contributed by atoms with Crippen molar-refractivity contribution in [2.75, 3.05) is 22.6 Å². The van der Waals surface area contributed by atoms with E-state index in [0.717, 1.165) is 22.8 Å². The molecule has 1 aliphatic heterocycles. The topological polar surface area (TPSA) is 105 Å². The molecule has 2 aromatic heterocycles. The predicted octanol–water partition coefficient (Wildman–Crippen LogP) is 3.79. The molecule has 0 radical (unpaired) electrons. The van der Waals surface area contributed by atoms with Crippen LogP contribution in [0.15, 0.2) is 41.1 Å². The minimum Gasteiger partial charge on any atom is -0.360 e. The van der Waals surface area contributed by atoms with Crippen LogP contribution in [0.2, 0.25) is 5.28 Å². The summed E-state index contributed by atoms with van der Waals surface area (Å²) < 4.78 is 5.53. The van der Waals surface area contributed by atoms with Gasteiger partial charge in [0.15, 0.2) is 0 Å². The Labute approximate surface area is 168 Å². The molecule has 0 bridgehead atoms. The highest BCUT2D eigenvalue weighted by molar-refractivity contribution is 6.28. The van der Waals surface area contributed by atoms with Crippen LogP contribution in [0.1, 0.15) is 32.2 Å². The average Bonchev–Trinajstić information content (AvgIpc) is 3.20. The average molecular weight is 400 g/mol. The van der Waals surface area contributed by atoms with E-state index in [9.17, 15) is 0 Å². The Morgan fingerprint density at radius 2 is 2.04 bits per heavy atom. The first kappa shape index (κ1) is 18.5. The van der Waals surface area contributed by atoms with Crippen LogP contribution in [-0.2, 0) is 11.2 Å². The van der Waals surface area contributed by atoms with Crippen molar-refractivity contribution in [3.8, 4) is 0 Å². The van der Waals surface area contributed by atoms with Gasteiger partial charge in [0.05, 0.1) is 11.4 Å². The van der Waals surface area contributed by atoms with Crippen LogP contribution in [0.4, 0.5) is 22.9 Å². The fourth-order valence-corrected chi connectivity index (χ4v) is 3.23. The first-order chi connectivity index (χ1) is 13.2. The Kier molecular flexibility index (Phi) is 4.20. The molecule has 0 amide bonds. The summed E-state index contributed by atoms with van der Waals surface area (Å²) in [7, 11) is 1.92. The molecular weight excluding hydrogens is 378 g/mol. The van der Waals surface area contributed by atoms with Gasteiger partial charge in [0, 0.05) is 30.4 Å². The van der Waals surface area contributed by atoms with Crippen LogP contribution in [-0.4, -0.2) is 22.2 Å². The highest BCUT2D eigenvalue weighted by Crippen LogP contribution is 2.43. The maximum atomic E-state index is 6.69. The summed E-state index contributed by atoms with van der Waals surface area (Å²) in [6.07, 6.45) is 1.60. The quantitative estimate of drug-likeness (QED) is 0.571. The lowest BCUT2D eigenvalue weighted by atomic mass is 9.93. The third kappa shape index (κ3) is 3.14. The summed E-state index contributed by atoms with van der Waals surface area (Å²) in [4.78, 5) is 9.97. The van der Waals surface area contributed by atoms with Gasteiger partial charge in [-0.05, 0) is 35.9 Å². The van der Waals surface area contributed by atoms with Gasteiger partial charge in [-0.1, -0.05) is 25.9 Å². The Morgan fingerprint density at radius 3 is 2.71 bits per heavy atom. The SMILES string of the molecule is CN1c2ccc(Nc3ccnc(Cl)n3)cc2NC1(N)c1cc(C(C)(C)C)on1. The van der Waals surface area contributed by atoms with Gasteiger partial charge in [0.25, 0.3) is 0 Å². The molecule has 146 valence electrons. The molecule has 3 aromatic rings. The zero-order valence-corrected chi connectivity index (χ0v) is 16.9. The monoisotopic (exact) mass is 399 g/mol. The second-order valence-corrected chi connectivity index (χ2v) is 8.18. The van der Waals surface area contributed by atoms with Crippen molar-refractivity contribution < 1.29 is 4.52 Å². The molecule has 9 heteroatoms. The van der Waals surface area contributed by atoms with E-state index >= 15 is 0 Å². The molecule has 4 N–H and O–H groups in total. The van der Waals surface area contributed by atoms with E-state index in [2.05, 4.69) is 46.5 Å². The van der Waals surface area contributed by atoms with E-state index in [1.54, 1.807) is 12.3 Å². The molecule has 0 aliphatic carbocycles. The zero-order chi connectivity index (χ0) is 20.1. The lowest BCUT2D eigenvalue weighted by molar-refractivity contribution is 0.317. The molecule has 4 rings (SSSR count). The fraction of sp³-hybridized carbons (Fsp3) is 0.316. The van der Waals surface area contributed by atoms with E-state index in [0.29, 0.717) is 11.5 Å². The number of benzene rings is 1. The zero-order valence-electron chi connectivity index (χ0n) is 16.1. The lowest BCUT2D eigenvalue weighted by Crippen LogP contribution is -2.54. The minimum absolute atomic E-state index is 0.151. The number of hydrogen-bond donors (Lipinski definition) is 3. The molecule has 28 heavy (non-hydrogen) atoms. The number of nitrogens with zero attached hydrogens (tertiary/aromatic N) is 4. The molecule has 1 aliphatic rings. The number of rotatable bonds is 3. The summed E-state index contributed by atoms with van der Waals surface area (Å²) in [5, 5.41) is 11.0. The van der Waals surface area contributed by atoms with Crippen molar-refractivity contribution in [2.45, 2.75) is 32.0 Å². The predicted molar refractivity (Wildman–Crippen MR) is 110 cm³/mol. The molecule has 0 saturated heterocycles. The first-order valence-electron chi connectivity index (χ1n) is 8.85. The largest absolute Gasteiger partial charge is 0.360 e. The molecule has 1 unspecified atom stereocenters. The van der Waals surface area contributed by atoms with Crippen molar-refractivity contribution in [1.29, 1.82) is 0 Å². The van der Waals surface area contributed by atoms with Gasteiger partial charge in [-0.3, -0.25) is 5.73 Å². The molecule has 3 heterocycles. The number of anilines is 4. The minimum atomic E-state index is -1.01. The maximum Gasteiger partial charge on any atom is 0.224 e. The Balaban J connectivity index is 1.62. The second-order valence-electron chi connectivity index (χ2n) is 7.84. The summed E-state index contributed by atoms with van der Waals surface area (Å²) in [5.74, 6) is 0.379. The Morgan fingerprint density at radius 1 is 1.25 bits per heavy atom. The van der Waals surface area contributed by atoms with Gasteiger partial charge < -0.3 is 20.1 Å². The van der Waals surface area contributed by atoms with Gasteiger partial charge in [-0.25, -0.2) is 9.97 Å². The number of nitrogens with one attached hydrogen (secondary N) is 2. The summed E-state index contributed by atoms with van der Waals surface area (Å²) in [6.45, 7) is 6.20. The van der Waals surface area contributed by atoms with Gasteiger partial charge in [-0.15, -0.1) is 0 Å². The third-order valence-electron chi connectivity index (χ3n) is 4.75. The normalized spacial score (nSPS) is 18.7. The highest BCUT2D eigenvalue weighted by atomic mass is 35.5. The van der Waals surface area contributed by atoms with E-state index < -0.39 is 5.79 Å². The molecular formula is C19H22ClN7O. The van der Waals surface area contributed by atoms with Crippen molar-refractivity contribution in [3.63, 3.8) is 0 Å². The number of nitrogens with two attached hydrogens (primary N) is 1. The van der Waals surface area contributed by atoms with Crippen LogP contribution >= 0.6 is 11.6 Å². The summed E-state index contributed by atoms with van der Waals surface area (Å²) in [6, 6.07) is 9.53. The lowest BCUT2D eigenvalue weighted by Gasteiger charge is -2.31. The standard InChI is InChI=1S/C19H22ClN7O/c1-18(2,3)15-10-14(26-28-15)19(21)25-12-9-11(5-6-13(12)27(19)4)23-16-7-8-22-17(20)24-16/h5-10,25H,21H2,1-4H3,(H,22,23,24). The summed E-state index contributed by atoms with van der Waals surface area (Å²) >= 11 is 5.85. The van der Waals surface area contributed by atoms with Gasteiger partial charge in [-0.2, -0.15) is 0 Å². The molecule has 0 saturated carbocycles. The molecule has 0 spiro atoms. The molecule has 8 nitrogen and oxygen atoms in total. The van der Waals surface area contributed by atoms with Crippen LogP contribution in [0, 0.1) is 0 Å². The van der Waals surface area contributed by atoms with Gasteiger partial charge in [0.1, 0.15) is 17.3 Å². The van der Waals surface area contributed by atoms with Crippen LogP contribution in [0.5, 0.6) is 0 Å². The maximum absolute atomic E-state index is 6.69. The third-order valence-corrected chi connectivity index (χ3v) is 4.93. The first-order valence-corrected chi connectivity index (χ1v) is 9.23. The van der Waals surface area contributed by atoms with E-state index in [1.807, 2.05) is 36.2 Å². The fourth-order valence-electron chi connectivity index (χ4n) is 3.08. The molecule has 1 aromatic carbocycles. The van der Waals surface area contributed by atoms with Crippen molar-refractivity contribution in [3.05, 3.63) is 53.3 Å². The number of halogens is 1.